The number of fused-ring (bicyclic) bond motifs is 1. The summed E-state index contributed by atoms with van der Waals surface area (Å²) in [5, 5.41) is 0.978. The van der Waals surface area contributed by atoms with Crippen molar-refractivity contribution in [3.05, 3.63) is 90.0 Å². The van der Waals surface area contributed by atoms with Crippen molar-refractivity contribution in [3.8, 4) is 45.1 Å². The average Bonchev–Trinajstić information content (AvgIpc) is 3.66. The summed E-state index contributed by atoms with van der Waals surface area (Å²) in [6.45, 7) is 7.20. The van der Waals surface area contributed by atoms with Gasteiger partial charge < -0.3 is 38.1 Å². The van der Waals surface area contributed by atoms with Crippen molar-refractivity contribution in [3.63, 3.8) is 0 Å². The maximum atomic E-state index is 6.16. The summed E-state index contributed by atoms with van der Waals surface area (Å²) in [5.74, 6) is 4.13. The molecule has 1 unspecified atom stereocenters. The van der Waals surface area contributed by atoms with E-state index in [9.17, 15) is 0 Å². The van der Waals surface area contributed by atoms with E-state index in [1.54, 1.807) is 46.9 Å². The van der Waals surface area contributed by atoms with Crippen LogP contribution in [0.1, 0.15) is 24.0 Å². The molecule has 1 aromatic heterocycles. The molecule has 4 aromatic carbocycles. The summed E-state index contributed by atoms with van der Waals surface area (Å²) in [5.41, 5.74) is 4.02. The molecule has 1 atom stereocenters. The molecule has 11 heteroatoms. The van der Waals surface area contributed by atoms with Crippen LogP contribution in [-0.2, 0) is 4.74 Å². The molecule has 5 aromatic rings. The first-order chi connectivity index (χ1) is 26.5. The monoisotopic (exact) mass is 753 g/mol. The second-order valence-corrected chi connectivity index (χ2v) is 14.1. The van der Waals surface area contributed by atoms with Gasteiger partial charge in [0.1, 0.15) is 10.8 Å². The van der Waals surface area contributed by atoms with E-state index in [1.165, 1.54) is 4.70 Å². The maximum absolute atomic E-state index is 6.16. The Labute approximate surface area is 322 Å². The molecule has 54 heavy (non-hydrogen) atoms. The van der Waals surface area contributed by atoms with Crippen molar-refractivity contribution in [2.75, 3.05) is 88.0 Å². The Hall–Kier alpha value is -4.81. The van der Waals surface area contributed by atoms with Gasteiger partial charge in [-0.25, -0.2) is 4.98 Å². The molecule has 6 rings (SSSR count). The van der Waals surface area contributed by atoms with Crippen molar-refractivity contribution in [2.24, 2.45) is 0 Å². The van der Waals surface area contributed by atoms with Crippen LogP contribution in [0.3, 0.4) is 0 Å². The first kappa shape index (κ1) is 38.9. The fourth-order valence-corrected chi connectivity index (χ4v) is 7.52. The zero-order valence-corrected chi connectivity index (χ0v) is 32.7. The van der Waals surface area contributed by atoms with Crippen LogP contribution in [0, 0.1) is 0 Å². The second kappa shape index (κ2) is 19.5. The van der Waals surface area contributed by atoms with Crippen LogP contribution >= 0.6 is 11.3 Å². The summed E-state index contributed by atoms with van der Waals surface area (Å²) in [6, 6.07) is 26.2. The lowest BCUT2D eigenvalue weighted by molar-refractivity contribution is 0.0303. The summed E-state index contributed by atoms with van der Waals surface area (Å²) in [7, 11) is 8.31. The minimum Gasteiger partial charge on any atom is -0.493 e. The largest absolute Gasteiger partial charge is 0.493 e. The zero-order valence-electron chi connectivity index (χ0n) is 31.9. The van der Waals surface area contributed by atoms with Crippen LogP contribution in [0.5, 0.6) is 34.5 Å². The van der Waals surface area contributed by atoms with Gasteiger partial charge in [0.25, 0.3) is 0 Å². The molecule has 10 nitrogen and oxygen atoms in total. The van der Waals surface area contributed by atoms with Gasteiger partial charge in [0, 0.05) is 58.4 Å². The van der Waals surface area contributed by atoms with Gasteiger partial charge in [-0.15, -0.1) is 11.3 Å². The normalized spacial score (nSPS) is 14.3. The lowest BCUT2D eigenvalue weighted by Gasteiger charge is -2.36. The Kier molecular flexibility index (Phi) is 14.0. The third-order valence-corrected chi connectivity index (χ3v) is 10.6. The summed E-state index contributed by atoms with van der Waals surface area (Å²) in [6.07, 6.45) is 5.91. The lowest BCUT2D eigenvalue weighted by atomic mass is 10.1. The Morgan fingerprint density at radius 3 is 2.15 bits per heavy atom. The highest BCUT2D eigenvalue weighted by Crippen LogP contribution is 2.39. The molecule has 2 heterocycles. The number of ether oxygens (including phenoxy) is 7. The van der Waals surface area contributed by atoms with Crippen molar-refractivity contribution < 1.29 is 33.2 Å². The molecule has 0 N–H and O–H groups in total. The van der Waals surface area contributed by atoms with Crippen molar-refractivity contribution in [2.45, 2.75) is 18.9 Å². The molecule has 0 saturated carbocycles. The second-order valence-electron chi connectivity index (χ2n) is 13.1. The summed E-state index contributed by atoms with van der Waals surface area (Å²) < 4.78 is 41.5. The van der Waals surface area contributed by atoms with Gasteiger partial charge in [-0.2, -0.15) is 0 Å². The predicted octanol–water partition coefficient (Wildman–Crippen LogP) is 8.04. The highest BCUT2D eigenvalue weighted by Gasteiger charge is 2.20. The molecule has 1 saturated heterocycles. The third-order valence-electron chi connectivity index (χ3n) is 9.56. The van der Waals surface area contributed by atoms with Crippen LogP contribution in [-0.4, -0.2) is 109 Å². The number of aromatic nitrogens is 1. The molecule has 0 aliphatic carbocycles. The topological polar surface area (TPSA) is 84.0 Å². The first-order valence-electron chi connectivity index (χ1n) is 18.4. The van der Waals surface area contributed by atoms with Crippen LogP contribution in [0.15, 0.2) is 78.9 Å². The van der Waals surface area contributed by atoms with Crippen LogP contribution < -0.4 is 28.4 Å². The molecular formula is C43H51N3O7S. The first-order valence-corrected chi connectivity index (χ1v) is 19.2. The zero-order chi connectivity index (χ0) is 37.7. The third kappa shape index (κ3) is 10.2. The smallest absolute Gasteiger partial charge is 0.203 e. The number of thiazole rings is 1. The number of nitrogens with zero attached hydrogens (tertiary/aromatic N) is 3. The molecule has 1 aliphatic rings. The molecule has 286 valence electrons. The molecule has 0 spiro atoms. The van der Waals surface area contributed by atoms with Crippen LogP contribution in [0.4, 0.5) is 0 Å². The molecule has 1 fully saturated rings. The van der Waals surface area contributed by atoms with E-state index in [2.05, 4.69) is 21.9 Å². The van der Waals surface area contributed by atoms with Gasteiger partial charge in [0.15, 0.2) is 23.0 Å². The van der Waals surface area contributed by atoms with E-state index in [0.717, 1.165) is 96.6 Å². The summed E-state index contributed by atoms with van der Waals surface area (Å²) >= 11 is 1.68. The fourth-order valence-electron chi connectivity index (χ4n) is 6.56. The fraction of sp³-hybridized carbons (Fsp3) is 0.372. The van der Waals surface area contributed by atoms with Crippen LogP contribution in [0.25, 0.3) is 32.9 Å². The Morgan fingerprint density at radius 1 is 0.685 bits per heavy atom. The van der Waals surface area contributed by atoms with E-state index < -0.39 is 0 Å². The van der Waals surface area contributed by atoms with E-state index in [0.29, 0.717) is 30.5 Å². The number of benzene rings is 4. The van der Waals surface area contributed by atoms with E-state index >= 15 is 0 Å². The average molecular weight is 754 g/mol. The number of piperazine rings is 1. The number of para-hydroxylation sites is 1. The van der Waals surface area contributed by atoms with Crippen LogP contribution in [0.2, 0.25) is 0 Å². The Morgan fingerprint density at radius 2 is 1.43 bits per heavy atom. The van der Waals surface area contributed by atoms with Gasteiger partial charge >= 0.3 is 0 Å². The maximum Gasteiger partial charge on any atom is 0.203 e. The number of methoxy groups -OCH3 is 5. The highest BCUT2D eigenvalue weighted by molar-refractivity contribution is 7.21. The number of hydrogen-bond acceptors (Lipinski definition) is 11. The van der Waals surface area contributed by atoms with Gasteiger partial charge in [-0.3, -0.25) is 4.90 Å². The van der Waals surface area contributed by atoms with E-state index in [4.69, 9.17) is 38.1 Å². The number of rotatable bonds is 19. The van der Waals surface area contributed by atoms with Gasteiger partial charge in [-0.1, -0.05) is 36.4 Å². The number of hydrogen-bond donors (Lipinski definition) is 0. The standard InChI is InChI=1S/C43H51N3O7S/c1-47-35(18-25-52-34-11-8-10-31(26-34)14-15-32-27-39(49-3)42(51-5)40(28-32)50-4)30-46-22-20-45(21-23-46)19-9-24-53-37-17-16-33(29-38(37)48-2)43-44-36-12-6-7-13-41(36)54-43/h6-8,10-17,26-29,35H,9,18-25,30H2,1-5H3. The predicted molar refractivity (Wildman–Crippen MR) is 217 cm³/mol. The minimum absolute atomic E-state index is 0.101. The molecular weight excluding hydrogens is 703 g/mol. The van der Waals surface area contributed by atoms with Crippen molar-refractivity contribution in [1.29, 1.82) is 0 Å². The Bertz CT molecular complexity index is 1920. The Balaban J connectivity index is 0.894. The summed E-state index contributed by atoms with van der Waals surface area (Å²) in [4.78, 5) is 9.79. The highest BCUT2D eigenvalue weighted by atomic mass is 32.1. The van der Waals surface area contributed by atoms with E-state index in [1.807, 2.05) is 78.9 Å². The van der Waals surface area contributed by atoms with Gasteiger partial charge in [0.05, 0.1) is 58.0 Å². The molecule has 1 aliphatic heterocycles. The molecule has 0 amide bonds. The van der Waals surface area contributed by atoms with Crippen molar-refractivity contribution >= 4 is 33.7 Å². The lowest BCUT2D eigenvalue weighted by Crippen LogP contribution is -2.49. The SMILES string of the molecule is COc1cc(-c2nc3ccccc3s2)ccc1OCCCN1CCN(CC(CCOc2cccc(C=Cc3cc(OC)c(OC)c(OC)c3)c2)OC)CC1. The molecule has 0 bridgehead atoms. The van der Waals surface area contributed by atoms with E-state index in [-0.39, 0.29) is 6.10 Å². The van der Waals surface area contributed by atoms with Gasteiger partial charge in [-0.05, 0) is 72.1 Å². The minimum atomic E-state index is 0.101. The quantitative estimate of drug-likeness (QED) is 0.0611. The molecule has 0 radical (unpaired) electrons. The van der Waals surface area contributed by atoms with Gasteiger partial charge in [0.2, 0.25) is 5.75 Å². The van der Waals surface area contributed by atoms with Crippen molar-refractivity contribution in [1.82, 2.24) is 14.8 Å².